The van der Waals surface area contributed by atoms with Gasteiger partial charge in [0.15, 0.2) is 0 Å². The van der Waals surface area contributed by atoms with Gasteiger partial charge >= 0.3 is 0 Å². The second-order valence-corrected chi connectivity index (χ2v) is 16.0. The lowest BCUT2D eigenvalue weighted by Crippen LogP contribution is -2.57. The van der Waals surface area contributed by atoms with Crippen molar-refractivity contribution in [2.24, 2.45) is 0 Å². The van der Waals surface area contributed by atoms with Gasteiger partial charge in [0.2, 0.25) is 6.71 Å². The first-order chi connectivity index (χ1) is 26.3. The Morgan fingerprint density at radius 1 is 0.582 bits per heavy atom. The Hall–Kier alpha value is -5.75. The van der Waals surface area contributed by atoms with Crippen molar-refractivity contribution in [2.45, 2.75) is 69.2 Å². The second kappa shape index (κ2) is 13.8. The molecule has 0 spiro atoms. The Labute approximate surface area is 327 Å². The van der Waals surface area contributed by atoms with Gasteiger partial charge in [-0.05, 0) is 123 Å². The van der Waals surface area contributed by atoms with Gasteiger partial charge in [0.25, 0.3) is 0 Å². The van der Waals surface area contributed by atoms with Crippen molar-refractivity contribution in [3.8, 4) is 17.2 Å². The van der Waals surface area contributed by atoms with Gasteiger partial charge < -0.3 is 19.1 Å². The smallest absolute Gasteiger partial charge is 0.243 e. The molecule has 0 unspecified atom stereocenters. The van der Waals surface area contributed by atoms with Gasteiger partial charge in [-0.1, -0.05) is 91.2 Å². The van der Waals surface area contributed by atoms with Crippen molar-refractivity contribution >= 4 is 50.7 Å². The maximum atomic E-state index is 6.54. The maximum absolute atomic E-state index is 6.54. The largest absolute Gasteiger partial charge is 0.457 e. The Kier molecular flexibility index (Phi) is 9.12. The number of ether oxygens (including phenoxy) is 1. The lowest BCUT2D eigenvalue weighted by molar-refractivity contribution is 0.481. The average molecular weight is 723 g/mol. The van der Waals surface area contributed by atoms with Gasteiger partial charge in [0.05, 0.1) is 28.9 Å². The van der Waals surface area contributed by atoms with E-state index in [2.05, 4.69) is 170 Å². The Bertz CT molecular complexity index is 2570. The van der Waals surface area contributed by atoms with Crippen molar-refractivity contribution in [1.29, 1.82) is 0 Å². The highest BCUT2D eigenvalue weighted by atomic mass is 16.5. The summed E-state index contributed by atoms with van der Waals surface area (Å²) in [5.74, 6) is 1.59. The van der Waals surface area contributed by atoms with Gasteiger partial charge in [0, 0.05) is 42.8 Å². The number of hydrogen-bond donors (Lipinski definition) is 0. The molecule has 2 aromatic heterocycles. The number of fused-ring (bicyclic) bond motifs is 3. The van der Waals surface area contributed by atoms with E-state index >= 15 is 0 Å². The second-order valence-electron chi connectivity index (χ2n) is 16.0. The predicted molar refractivity (Wildman–Crippen MR) is 234 cm³/mol. The van der Waals surface area contributed by atoms with Crippen molar-refractivity contribution in [3.63, 3.8) is 0 Å². The molecule has 5 aromatic carbocycles. The van der Waals surface area contributed by atoms with Crippen LogP contribution in [0.2, 0.25) is 0 Å². The predicted octanol–water partition coefficient (Wildman–Crippen LogP) is 9.75. The van der Waals surface area contributed by atoms with Crippen LogP contribution in [-0.2, 0) is 0 Å². The SMILES string of the molecule is Cc1cc(C)c(B(c2c(C)cc(C)cc2C)c2c(C)c(C)c(-n3c4ccc(Oc5cccc(N6C=CN(C)C6)c5)cc4c4ncccc43)c(C)c2C)c(C)c1. The number of hydrogen-bond acceptors (Lipinski definition) is 4. The minimum absolute atomic E-state index is 0.105. The lowest BCUT2D eigenvalue weighted by atomic mass is 9.32. The van der Waals surface area contributed by atoms with E-state index in [9.17, 15) is 0 Å². The van der Waals surface area contributed by atoms with Crippen LogP contribution in [0.3, 0.4) is 0 Å². The van der Waals surface area contributed by atoms with Crippen LogP contribution in [0.5, 0.6) is 11.5 Å². The van der Waals surface area contributed by atoms with E-state index in [0.717, 1.165) is 45.8 Å². The zero-order valence-electron chi connectivity index (χ0n) is 34.2. The number of aryl methyl sites for hydroxylation is 6. The molecule has 0 atom stereocenters. The summed E-state index contributed by atoms with van der Waals surface area (Å²) in [6, 6.07) is 28.4. The standard InChI is InChI=1S/C49H51BN4O/c1-29-22-31(3)45(32(4)23-29)50(46-33(5)24-30(2)25-34(46)6)47-35(7)37(9)49(38(10)36(47)8)54-43-18-17-41(27-42(43)48-44(54)16-13-19-51-48)55-40-15-12-14-39(26-40)53-21-20-52(11)28-53/h12-27H,28H2,1-11H3. The molecule has 0 radical (unpaired) electrons. The van der Waals surface area contributed by atoms with Crippen molar-refractivity contribution in [2.75, 3.05) is 18.6 Å². The summed E-state index contributed by atoms with van der Waals surface area (Å²) >= 11 is 0. The van der Waals surface area contributed by atoms with E-state index in [0.29, 0.717) is 0 Å². The Morgan fingerprint density at radius 3 is 1.76 bits per heavy atom. The summed E-state index contributed by atoms with van der Waals surface area (Å²) in [6.07, 6.45) is 6.08. The summed E-state index contributed by atoms with van der Waals surface area (Å²) in [7, 11) is 2.08. The first-order valence-corrected chi connectivity index (χ1v) is 19.4. The average Bonchev–Trinajstić information content (AvgIpc) is 3.71. The summed E-state index contributed by atoms with van der Waals surface area (Å²) in [5.41, 5.74) is 23.0. The Morgan fingerprint density at radius 2 is 1.18 bits per heavy atom. The molecule has 0 saturated carbocycles. The molecule has 5 nitrogen and oxygen atoms in total. The van der Waals surface area contributed by atoms with Crippen LogP contribution in [0.4, 0.5) is 5.69 Å². The molecule has 0 amide bonds. The molecule has 7 aromatic rings. The quantitative estimate of drug-likeness (QED) is 0.154. The molecule has 0 N–H and O–H groups in total. The highest BCUT2D eigenvalue weighted by Gasteiger charge is 2.33. The molecule has 1 aliphatic heterocycles. The monoisotopic (exact) mass is 722 g/mol. The van der Waals surface area contributed by atoms with E-state index < -0.39 is 0 Å². The van der Waals surface area contributed by atoms with Crippen molar-refractivity contribution < 1.29 is 4.74 Å². The topological polar surface area (TPSA) is 33.5 Å². The van der Waals surface area contributed by atoms with Crippen LogP contribution in [0, 0.1) is 69.2 Å². The van der Waals surface area contributed by atoms with Gasteiger partial charge in [-0.2, -0.15) is 0 Å². The lowest BCUT2D eigenvalue weighted by Gasteiger charge is -2.30. The van der Waals surface area contributed by atoms with Crippen LogP contribution in [-0.4, -0.2) is 34.9 Å². The molecule has 0 fully saturated rings. The molecule has 276 valence electrons. The number of benzene rings is 5. The number of aromatic nitrogens is 2. The van der Waals surface area contributed by atoms with E-state index in [1.54, 1.807) is 0 Å². The van der Waals surface area contributed by atoms with Gasteiger partial charge in [-0.3, -0.25) is 4.98 Å². The molecular weight excluding hydrogens is 671 g/mol. The van der Waals surface area contributed by atoms with Crippen LogP contribution in [0.1, 0.15) is 55.6 Å². The molecule has 55 heavy (non-hydrogen) atoms. The third kappa shape index (κ3) is 6.18. The highest BCUT2D eigenvalue weighted by Crippen LogP contribution is 2.38. The van der Waals surface area contributed by atoms with Gasteiger partial charge in [-0.15, -0.1) is 0 Å². The summed E-state index contributed by atoms with van der Waals surface area (Å²) in [6.45, 7) is 23.8. The zero-order chi connectivity index (χ0) is 38.9. The van der Waals surface area contributed by atoms with E-state index in [4.69, 9.17) is 9.72 Å². The van der Waals surface area contributed by atoms with Crippen LogP contribution < -0.4 is 26.0 Å². The number of rotatable bonds is 7. The summed E-state index contributed by atoms with van der Waals surface area (Å²) in [5, 5.41) is 1.07. The van der Waals surface area contributed by atoms with Crippen molar-refractivity contribution in [1.82, 2.24) is 14.5 Å². The zero-order valence-corrected chi connectivity index (χ0v) is 34.2. The summed E-state index contributed by atoms with van der Waals surface area (Å²) in [4.78, 5) is 9.33. The van der Waals surface area contributed by atoms with Crippen LogP contribution in [0.15, 0.2) is 97.5 Å². The van der Waals surface area contributed by atoms with Crippen LogP contribution in [0.25, 0.3) is 27.6 Å². The third-order valence-corrected chi connectivity index (χ3v) is 12.0. The number of nitrogens with zero attached hydrogens (tertiary/aromatic N) is 4. The molecule has 8 rings (SSSR count). The Balaban J connectivity index is 1.30. The van der Waals surface area contributed by atoms with E-state index in [1.165, 1.54) is 77.7 Å². The van der Waals surface area contributed by atoms with Gasteiger partial charge in [0.1, 0.15) is 11.5 Å². The van der Waals surface area contributed by atoms with Gasteiger partial charge in [-0.25, -0.2) is 0 Å². The minimum atomic E-state index is 0.105. The fourth-order valence-electron chi connectivity index (χ4n) is 9.49. The number of anilines is 1. The molecule has 6 heteroatoms. The molecular formula is C49H51BN4O. The first kappa shape index (κ1) is 36.2. The molecule has 0 aliphatic carbocycles. The normalized spacial score (nSPS) is 12.8. The molecule has 0 saturated heterocycles. The molecule has 1 aliphatic rings. The fourth-order valence-corrected chi connectivity index (χ4v) is 9.49. The van der Waals surface area contributed by atoms with E-state index in [-0.39, 0.29) is 6.71 Å². The van der Waals surface area contributed by atoms with E-state index in [1.807, 2.05) is 18.3 Å². The highest BCUT2D eigenvalue weighted by molar-refractivity contribution is 6.97. The molecule has 3 heterocycles. The fraction of sp³-hybridized carbons (Fsp3) is 0.245. The van der Waals surface area contributed by atoms with Crippen LogP contribution >= 0.6 is 0 Å². The summed E-state index contributed by atoms with van der Waals surface area (Å²) < 4.78 is 8.98. The molecule has 0 bridgehead atoms. The van der Waals surface area contributed by atoms with Crippen molar-refractivity contribution in [3.05, 3.63) is 153 Å². The maximum Gasteiger partial charge on any atom is 0.243 e. The first-order valence-electron chi connectivity index (χ1n) is 19.4. The third-order valence-electron chi connectivity index (χ3n) is 12.0. The minimum Gasteiger partial charge on any atom is -0.457 e. The number of pyridine rings is 1.